The third-order valence-corrected chi connectivity index (χ3v) is 6.74. The zero-order valence-electron chi connectivity index (χ0n) is 20.0. The Balaban J connectivity index is 1.47. The lowest BCUT2D eigenvalue weighted by atomic mass is 10.0. The Labute approximate surface area is 210 Å². The highest BCUT2D eigenvalue weighted by Crippen LogP contribution is 2.48. The molecule has 6 rings (SSSR count). The van der Waals surface area contributed by atoms with Crippen LogP contribution in [0, 0.1) is 11.3 Å². The van der Waals surface area contributed by atoms with Crippen LogP contribution >= 0.6 is 0 Å². The van der Waals surface area contributed by atoms with E-state index in [1.807, 2.05) is 12.1 Å². The molecule has 0 bridgehead atoms. The first-order valence-corrected chi connectivity index (χ1v) is 12.1. The maximum Gasteiger partial charge on any atom is 0.281 e. The SMILES string of the molecule is CN/C=C1/C=C(n2nc3ccc(OCC4CC4(F)F)nc3c(-c3ccc(C4CC4)nc3)c2=O)C=CC1=N. The van der Waals surface area contributed by atoms with Gasteiger partial charge in [-0.05, 0) is 43.2 Å². The topological polar surface area (TPSA) is 106 Å². The van der Waals surface area contributed by atoms with Gasteiger partial charge in [0.2, 0.25) is 5.88 Å². The summed E-state index contributed by atoms with van der Waals surface area (Å²) in [7, 11) is 1.73. The van der Waals surface area contributed by atoms with E-state index >= 15 is 0 Å². The predicted octanol–water partition coefficient (Wildman–Crippen LogP) is 4.30. The maximum atomic E-state index is 13.9. The van der Waals surface area contributed by atoms with Gasteiger partial charge in [-0.15, -0.1) is 0 Å². The first-order valence-electron chi connectivity index (χ1n) is 12.1. The molecule has 37 heavy (non-hydrogen) atoms. The summed E-state index contributed by atoms with van der Waals surface area (Å²) in [4.78, 5) is 22.9. The van der Waals surface area contributed by atoms with Crippen LogP contribution in [0.4, 0.5) is 8.78 Å². The molecule has 2 saturated carbocycles. The second-order valence-corrected chi connectivity index (χ2v) is 9.53. The van der Waals surface area contributed by atoms with Gasteiger partial charge >= 0.3 is 0 Å². The molecule has 8 nitrogen and oxygen atoms in total. The third kappa shape index (κ3) is 4.43. The van der Waals surface area contributed by atoms with Crippen molar-refractivity contribution < 1.29 is 13.5 Å². The molecule has 1 atom stereocenters. The first-order chi connectivity index (χ1) is 17.8. The quantitative estimate of drug-likeness (QED) is 0.499. The van der Waals surface area contributed by atoms with Gasteiger partial charge in [-0.25, -0.2) is 13.8 Å². The van der Waals surface area contributed by atoms with Gasteiger partial charge in [0.25, 0.3) is 11.5 Å². The molecule has 0 saturated heterocycles. The molecular formula is C27H24F2N6O2. The molecule has 3 aliphatic carbocycles. The Hall–Kier alpha value is -4.21. The number of aromatic nitrogens is 4. The Morgan fingerprint density at radius 1 is 1.24 bits per heavy atom. The minimum absolute atomic E-state index is 0.146. The van der Waals surface area contributed by atoms with E-state index in [1.54, 1.807) is 49.8 Å². The smallest absolute Gasteiger partial charge is 0.281 e. The standard InChI is InChI=1S/C27H24F2N6O2/c1-31-12-17-10-19(5-6-20(17)30)35-26(36)24(16-4-7-21(32-13-16)15-2-3-15)25-22(34-35)8-9-23(33-25)37-14-18-11-27(18,28)29/h4-10,12-13,15,18,30-31H,2-3,11,14H2,1H3/b17-12-,30-20?. The van der Waals surface area contributed by atoms with Crippen molar-refractivity contribution in [3.05, 3.63) is 76.5 Å². The van der Waals surface area contributed by atoms with Crippen LogP contribution in [0.5, 0.6) is 5.88 Å². The lowest BCUT2D eigenvalue weighted by Gasteiger charge is -2.15. The number of ether oxygens (including phenoxy) is 1. The fourth-order valence-corrected chi connectivity index (χ4v) is 4.34. The van der Waals surface area contributed by atoms with Crippen LogP contribution in [0.25, 0.3) is 27.9 Å². The van der Waals surface area contributed by atoms with Gasteiger partial charge in [0.05, 0.1) is 29.5 Å². The van der Waals surface area contributed by atoms with Crippen LogP contribution in [0.3, 0.4) is 0 Å². The van der Waals surface area contributed by atoms with Gasteiger partial charge in [0.1, 0.15) is 11.0 Å². The summed E-state index contributed by atoms with van der Waals surface area (Å²) in [6.45, 7) is -0.146. The average molecular weight is 503 g/mol. The fraction of sp³-hybridized carbons (Fsp3) is 0.296. The maximum absolute atomic E-state index is 13.9. The van der Waals surface area contributed by atoms with Crippen LogP contribution in [-0.2, 0) is 0 Å². The molecule has 2 N–H and O–H groups in total. The highest BCUT2D eigenvalue weighted by molar-refractivity contribution is 6.12. The molecule has 3 aliphatic rings. The zero-order valence-corrected chi connectivity index (χ0v) is 20.0. The molecule has 188 valence electrons. The zero-order chi connectivity index (χ0) is 25.7. The number of allylic oxidation sites excluding steroid dienone is 5. The number of fused-ring (bicyclic) bond motifs is 1. The number of pyridine rings is 2. The summed E-state index contributed by atoms with van der Waals surface area (Å²) < 4.78 is 33.5. The molecule has 0 spiro atoms. The van der Waals surface area contributed by atoms with Crippen LogP contribution in [-0.4, -0.2) is 45.0 Å². The number of hydrogen-bond acceptors (Lipinski definition) is 7. The van der Waals surface area contributed by atoms with Crippen molar-refractivity contribution in [3.63, 3.8) is 0 Å². The van der Waals surface area contributed by atoms with E-state index in [0.717, 1.165) is 18.5 Å². The largest absolute Gasteiger partial charge is 0.477 e. The van der Waals surface area contributed by atoms with E-state index in [-0.39, 0.29) is 24.5 Å². The van der Waals surface area contributed by atoms with Crippen molar-refractivity contribution in [2.75, 3.05) is 13.7 Å². The summed E-state index contributed by atoms with van der Waals surface area (Å²) in [6, 6.07) is 7.01. The molecular weight excluding hydrogens is 478 g/mol. The van der Waals surface area contributed by atoms with Crippen LogP contribution in [0.1, 0.15) is 30.9 Å². The normalized spacial score (nSPS) is 21.3. The predicted molar refractivity (Wildman–Crippen MR) is 136 cm³/mol. The van der Waals surface area contributed by atoms with Gasteiger partial charge in [-0.2, -0.15) is 9.78 Å². The van der Waals surface area contributed by atoms with E-state index < -0.39 is 17.4 Å². The number of halogens is 2. The second kappa shape index (κ2) is 8.72. The number of nitrogens with zero attached hydrogens (tertiary/aromatic N) is 4. The molecule has 3 aromatic rings. The van der Waals surface area contributed by atoms with E-state index in [1.165, 1.54) is 4.68 Å². The van der Waals surface area contributed by atoms with Crippen molar-refractivity contribution in [2.24, 2.45) is 5.92 Å². The molecule has 3 heterocycles. The van der Waals surface area contributed by atoms with Crippen LogP contribution < -0.4 is 15.6 Å². The number of nitrogens with one attached hydrogen (secondary N) is 2. The lowest BCUT2D eigenvalue weighted by Crippen LogP contribution is -2.25. The van der Waals surface area contributed by atoms with E-state index in [2.05, 4.69) is 20.4 Å². The summed E-state index contributed by atoms with van der Waals surface area (Å²) in [5.41, 5.74) is 3.57. The first kappa shape index (κ1) is 23.2. The average Bonchev–Trinajstić information content (AvgIpc) is 3.81. The molecule has 0 aliphatic heterocycles. The van der Waals surface area contributed by atoms with E-state index in [4.69, 9.17) is 10.1 Å². The molecule has 0 aromatic carbocycles. The Morgan fingerprint density at radius 3 is 2.73 bits per heavy atom. The Kier molecular flexibility index (Phi) is 5.47. The summed E-state index contributed by atoms with van der Waals surface area (Å²) in [6.07, 6.45) is 10.3. The van der Waals surface area contributed by atoms with Crippen molar-refractivity contribution in [2.45, 2.75) is 31.1 Å². The van der Waals surface area contributed by atoms with Crippen molar-refractivity contribution in [3.8, 4) is 17.0 Å². The summed E-state index contributed by atoms with van der Waals surface area (Å²) in [5.74, 6) is -2.89. The highest BCUT2D eigenvalue weighted by Gasteiger charge is 2.57. The van der Waals surface area contributed by atoms with E-state index in [9.17, 15) is 13.6 Å². The fourth-order valence-electron chi connectivity index (χ4n) is 4.34. The molecule has 1 unspecified atom stereocenters. The van der Waals surface area contributed by atoms with Crippen molar-refractivity contribution in [1.29, 1.82) is 5.41 Å². The van der Waals surface area contributed by atoms with Crippen molar-refractivity contribution in [1.82, 2.24) is 25.1 Å². The Bertz CT molecular complexity index is 1570. The highest BCUT2D eigenvalue weighted by atomic mass is 19.3. The van der Waals surface area contributed by atoms with E-state index in [0.29, 0.717) is 39.5 Å². The second-order valence-electron chi connectivity index (χ2n) is 9.53. The molecule has 2 fully saturated rings. The van der Waals surface area contributed by atoms with Gasteiger partial charge in [0, 0.05) is 54.7 Å². The summed E-state index contributed by atoms with van der Waals surface area (Å²) in [5, 5.41) is 15.6. The number of rotatable bonds is 7. The molecule has 3 aromatic heterocycles. The molecule has 0 radical (unpaired) electrons. The minimum atomic E-state index is -2.69. The van der Waals surface area contributed by atoms with Gasteiger partial charge < -0.3 is 15.5 Å². The Morgan fingerprint density at radius 2 is 2.05 bits per heavy atom. The third-order valence-electron chi connectivity index (χ3n) is 6.74. The monoisotopic (exact) mass is 502 g/mol. The number of alkyl halides is 2. The van der Waals surface area contributed by atoms with Gasteiger partial charge in [0.15, 0.2) is 0 Å². The summed E-state index contributed by atoms with van der Waals surface area (Å²) >= 11 is 0. The van der Waals surface area contributed by atoms with Gasteiger partial charge in [-0.3, -0.25) is 9.78 Å². The lowest BCUT2D eigenvalue weighted by molar-refractivity contribution is 0.0850. The molecule has 0 amide bonds. The minimum Gasteiger partial charge on any atom is -0.477 e. The van der Waals surface area contributed by atoms with Crippen molar-refractivity contribution >= 4 is 22.4 Å². The van der Waals surface area contributed by atoms with Crippen LogP contribution in [0.2, 0.25) is 0 Å². The molecule has 10 heteroatoms. The van der Waals surface area contributed by atoms with Crippen LogP contribution in [0.15, 0.2) is 65.3 Å². The number of hydrogen-bond donors (Lipinski definition) is 2. The van der Waals surface area contributed by atoms with Gasteiger partial charge in [-0.1, -0.05) is 6.07 Å².